The van der Waals surface area contributed by atoms with Crippen LogP contribution in [0.1, 0.15) is 33.3 Å². The van der Waals surface area contributed by atoms with Gasteiger partial charge in [0.25, 0.3) is 8.32 Å². The molecule has 1 heterocycles. The van der Waals surface area contributed by atoms with E-state index >= 15 is 0 Å². The molecule has 0 saturated carbocycles. The minimum absolute atomic E-state index is 0.192. The molecule has 0 N–H and O–H groups in total. The van der Waals surface area contributed by atoms with Crippen LogP contribution in [0.5, 0.6) is 0 Å². The Labute approximate surface area is 208 Å². The second kappa shape index (κ2) is 10.3. The Bertz CT molecular complexity index is 1030. The fourth-order valence-corrected chi connectivity index (χ4v) is 9.82. The van der Waals surface area contributed by atoms with Crippen LogP contribution >= 0.6 is 0 Å². The smallest absolute Gasteiger partial charge is 0.368 e. The molecule has 6 heteroatoms. The number of hydrogen-bond acceptors (Lipinski definition) is 3. The third kappa shape index (κ3) is 5.56. The summed E-state index contributed by atoms with van der Waals surface area (Å²) in [5.41, 5.74) is 0.993. The van der Waals surface area contributed by atoms with Crippen molar-refractivity contribution in [1.29, 1.82) is 0 Å². The van der Waals surface area contributed by atoms with Gasteiger partial charge < -0.3 is 9.16 Å². The van der Waals surface area contributed by atoms with Crippen molar-refractivity contribution in [1.82, 2.24) is 4.90 Å². The van der Waals surface area contributed by atoms with E-state index in [1.807, 2.05) is 71.6 Å². The van der Waals surface area contributed by atoms with Gasteiger partial charge in [0.05, 0.1) is 25.3 Å². The quantitative estimate of drug-likeness (QED) is 0.407. The Morgan fingerprint density at radius 3 is 1.86 bits per heavy atom. The summed E-state index contributed by atoms with van der Waals surface area (Å²) in [6.45, 7) is 8.64. The maximum Gasteiger partial charge on any atom is 0.368 e. The summed E-state index contributed by atoms with van der Waals surface area (Å²) in [5, 5.41) is 2.15. The van der Waals surface area contributed by atoms with Crippen molar-refractivity contribution in [2.24, 2.45) is 0 Å². The highest BCUT2D eigenvalue weighted by Gasteiger charge is 2.52. The molecule has 186 valence electrons. The van der Waals surface area contributed by atoms with E-state index in [1.165, 1.54) is 10.4 Å². The second-order valence-electron chi connectivity index (χ2n) is 10.4. The first-order chi connectivity index (χ1) is 16.6. The van der Waals surface area contributed by atoms with Crippen LogP contribution in [0.2, 0.25) is 5.04 Å². The van der Waals surface area contributed by atoms with Crippen molar-refractivity contribution in [3.05, 3.63) is 96.6 Å². The van der Waals surface area contributed by atoms with E-state index in [0.717, 1.165) is 5.56 Å². The molecule has 4 rings (SSSR count). The van der Waals surface area contributed by atoms with Crippen LogP contribution in [0.4, 0.5) is 8.78 Å². The van der Waals surface area contributed by atoms with E-state index in [2.05, 4.69) is 45.0 Å². The molecule has 0 unspecified atom stereocenters. The lowest BCUT2D eigenvalue weighted by Crippen LogP contribution is -2.68. The van der Waals surface area contributed by atoms with Gasteiger partial charge in [-0.25, -0.2) is 0 Å². The van der Waals surface area contributed by atoms with Gasteiger partial charge in [0, 0.05) is 6.54 Å². The minimum Gasteiger partial charge on any atom is -0.406 e. The fourth-order valence-electron chi connectivity index (χ4n) is 5.24. The van der Waals surface area contributed by atoms with Gasteiger partial charge in [-0.3, -0.25) is 4.90 Å². The molecule has 1 saturated heterocycles. The number of halogens is 2. The molecule has 0 spiro atoms. The predicted molar refractivity (Wildman–Crippen MR) is 140 cm³/mol. The molecule has 1 fully saturated rings. The molecule has 0 radical (unpaired) electrons. The van der Waals surface area contributed by atoms with Crippen LogP contribution in [-0.4, -0.2) is 44.6 Å². The average Bonchev–Trinajstić information content (AvgIpc) is 2.81. The highest BCUT2D eigenvalue weighted by molar-refractivity contribution is 6.99. The average molecular weight is 496 g/mol. The highest BCUT2D eigenvalue weighted by atomic mass is 28.4. The van der Waals surface area contributed by atoms with E-state index in [1.54, 1.807) is 6.92 Å². The highest BCUT2D eigenvalue weighted by Crippen LogP contribution is 2.38. The third-order valence-electron chi connectivity index (χ3n) is 6.87. The first kappa shape index (κ1) is 25.7. The van der Waals surface area contributed by atoms with E-state index in [4.69, 9.17) is 9.16 Å². The lowest BCUT2D eigenvalue weighted by molar-refractivity contribution is -0.309. The van der Waals surface area contributed by atoms with Gasteiger partial charge in [-0.15, -0.1) is 0 Å². The van der Waals surface area contributed by atoms with Crippen molar-refractivity contribution < 1.29 is 17.9 Å². The zero-order valence-electron chi connectivity index (χ0n) is 21.0. The number of rotatable bonds is 7. The lowest BCUT2D eigenvalue weighted by Gasteiger charge is -2.47. The fraction of sp³-hybridized carbons (Fsp3) is 0.379. The summed E-state index contributed by atoms with van der Waals surface area (Å²) in [4.78, 5) is 1.82. The molecule has 3 aromatic rings. The first-order valence-corrected chi connectivity index (χ1v) is 14.1. The number of ether oxygens (including phenoxy) is 1. The van der Waals surface area contributed by atoms with Crippen LogP contribution in [-0.2, 0) is 15.7 Å². The first-order valence-electron chi connectivity index (χ1n) is 12.2. The molecule has 1 aliphatic heterocycles. The molecular formula is C29H35F2NO2Si. The SMILES string of the molecule is C[C@@H]1OC(F)(F)CN(Cc2ccccc2)[C@@H]1CO[Si](c1ccccc1)(c1ccccc1)C(C)(C)C. The maximum absolute atomic E-state index is 14.5. The van der Waals surface area contributed by atoms with Gasteiger partial charge in [-0.2, -0.15) is 8.78 Å². The number of morpholine rings is 1. The predicted octanol–water partition coefficient (Wildman–Crippen LogP) is 5.45. The van der Waals surface area contributed by atoms with Gasteiger partial charge in [0.15, 0.2) is 0 Å². The van der Waals surface area contributed by atoms with E-state index in [0.29, 0.717) is 13.2 Å². The Morgan fingerprint density at radius 2 is 1.37 bits per heavy atom. The van der Waals surface area contributed by atoms with Crippen LogP contribution in [0.3, 0.4) is 0 Å². The summed E-state index contributed by atoms with van der Waals surface area (Å²) in [6, 6.07) is 30.2. The van der Waals surface area contributed by atoms with E-state index < -0.39 is 27.1 Å². The molecular weight excluding hydrogens is 460 g/mol. The zero-order chi connectivity index (χ0) is 25.1. The Morgan fingerprint density at radius 1 is 0.886 bits per heavy atom. The normalized spacial score (nSPS) is 21.1. The van der Waals surface area contributed by atoms with Gasteiger partial charge in [0.1, 0.15) is 0 Å². The van der Waals surface area contributed by atoms with Crippen LogP contribution in [0.15, 0.2) is 91.0 Å². The monoisotopic (exact) mass is 495 g/mol. The van der Waals surface area contributed by atoms with Crippen LogP contribution < -0.4 is 10.4 Å². The summed E-state index contributed by atoms with van der Waals surface area (Å²) in [6.07, 6.45) is -3.87. The maximum atomic E-state index is 14.5. The van der Waals surface area contributed by atoms with Gasteiger partial charge in [-0.05, 0) is 27.9 Å². The summed E-state index contributed by atoms with van der Waals surface area (Å²) >= 11 is 0. The minimum atomic E-state index is -3.19. The van der Waals surface area contributed by atoms with Crippen molar-refractivity contribution in [2.45, 2.75) is 57.5 Å². The summed E-state index contributed by atoms with van der Waals surface area (Å²) in [7, 11) is -2.79. The standard InChI is InChI=1S/C29H35F2NO2Si/c1-23-27(32(22-29(30,31)34-23)20-24-14-8-5-9-15-24)21-33-35(28(2,3)4,25-16-10-6-11-17-25)26-18-12-7-13-19-26/h5-19,23,27H,20-22H2,1-4H3/t23-,27+/m0/s1. The van der Waals surface area contributed by atoms with Crippen LogP contribution in [0.25, 0.3) is 0 Å². The second-order valence-corrected chi connectivity index (χ2v) is 14.7. The molecule has 1 aliphatic rings. The van der Waals surface area contributed by atoms with E-state index in [9.17, 15) is 8.78 Å². The van der Waals surface area contributed by atoms with Gasteiger partial charge >= 0.3 is 6.11 Å². The molecule has 3 aromatic carbocycles. The molecule has 0 bridgehead atoms. The molecule has 0 aliphatic carbocycles. The third-order valence-corrected chi connectivity index (χ3v) is 11.9. The molecule has 35 heavy (non-hydrogen) atoms. The molecule has 3 nitrogen and oxygen atoms in total. The number of hydrogen-bond donors (Lipinski definition) is 0. The number of alkyl halides is 2. The van der Waals surface area contributed by atoms with Gasteiger partial charge in [0.2, 0.25) is 0 Å². The van der Waals surface area contributed by atoms with Crippen molar-refractivity contribution in [3.8, 4) is 0 Å². The van der Waals surface area contributed by atoms with Gasteiger partial charge in [-0.1, -0.05) is 112 Å². The van der Waals surface area contributed by atoms with Crippen molar-refractivity contribution >= 4 is 18.7 Å². The zero-order valence-corrected chi connectivity index (χ0v) is 22.0. The van der Waals surface area contributed by atoms with Crippen molar-refractivity contribution in [3.63, 3.8) is 0 Å². The summed E-state index contributed by atoms with van der Waals surface area (Å²) in [5.74, 6) is 0. The Kier molecular flexibility index (Phi) is 7.57. The molecule has 0 amide bonds. The molecule has 2 atom stereocenters. The largest absolute Gasteiger partial charge is 0.406 e. The van der Waals surface area contributed by atoms with Crippen LogP contribution in [0, 0.1) is 0 Å². The van der Waals surface area contributed by atoms with E-state index in [-0.39, 0.29) is 11.1 Å². The Hall–Kier alpha value is -2.38. The number of benzene rings is 3. The topological polar surface area (TPSA) is 21.7 Å². The molecule has 0 aromatic heterocycles. The number of nitrogens with zero attached hydrogens (tertiary/aromatic N) is 1. The van der Waals surface area contributed by atoms with Crippen molar-refractivity contribution in [2.75, 3.05) is 13.2 Å². The summed E-state index contributed by atoms with van der Waals surface area (Å²) < 4.78 is 41.2. The Balaban J connectivity index is 1.71. The lowest BCUT2D eigenvalue weighted by atomic mass is 10.1.